The zero-order chi connectivity index (χ0) is 17.0. The first kappa shape index (κ1) is 17.6. The second-order valence-corrected chi connectivity index (χ2v) is 5.98. The van der Waals surface area contributed by atoms with Crippen molar-refractivity contribution in [1.29, 1.82) is 0 Å². The van der Waals surface area contributed by atoms with Gasteiger partial charge in [-0.2, -0.15) is 0 Å². The summed E-state index contributed by atoms with van der Waals surface area (Å²) in [6.07, 6.45) is 1.01. The van der Waals surface area contributed by atoms with Gasteiger partial charge in [0.05, 0.1) is 18.1 Å². The van der Waals surface area contributed by atoms with Crippen LogP contribution in [-0.2, 0) is 16.1 Å². The predicted molar refractivity (Wildman–Crippen MR) is 86.6 cm³/mol. The first-order valence-electron chi connectivity index (χ1n) is 7.47. The molecule has 1 fully saturated rings. The van der Waals surface area contributed by atoms with Crippen molar-refractivity contribution in [3.8, 4) is 5.75 Å². The summed E-state index contributed by atoms with van der Waals surface area (Å²) in [6.45, 7) is 0.755. The quantitative estimate of drug-likeness (QED) is 0.854. The minimum atomic E-state index is -0.876. The number of nitrogens with one attached hydrogen (secondary N) is 1. The van der Waals surface area contributed by atoms with E-state index in [0.29, 0.717) is 36.7 Å². The van der Waals surface area contributed by atoms with Crippen molar-refractivity contribution in [2.45, 2.75) is 25.4 Å². The number of halogens is 1. The van der Waals surface area contributed by atoms with E-state index in [-0.39, 0.29) is 11.8 Å². The Kier molecular flexibility index (Phi) is 5.85. The molecule has 2 rings (SSSR count). The molecule has 0 radical (unpaired) electrons. The molecule has 0 aromatic heterocycles. The van der Waals surface area contributed by atoms with Crippen LogP contribution in [-0.4, -0.2) is 48.6 Å². The normalized spacial score (nSPS) is 21.7. The van der Waals surface area contributed by atoms with Gasteiger partial charge < -0.3 is 15.2 Å². The molecule has 2 N–H and O–H groups in total. The molecule has 7 heteroatoms. The highest BCUT2D eigenvalue weighted by Crippen LogP contribution is 2.31. The number of carboxylic acid groups (broad SMARTS) is 1. The number of hydrogen-bond donors (Lipinski definition) is 2. The number of nitrogens with zero attached hydrogens (tertiary/aromatic N) is 1. The van der Waals surface area contributed by atoms with Crippen LogP contribution in [0.25, 0.3) is 0 Å². The lowest BCUT2D eigenvalue weighted by Gasteiger charge is -2.36. The van der Waals surface area contributed by atoms with Crippen molar-refractivity contribution in [3.05, 3.63) is 28.8 Å². The topological polar surface area (TPSA) is 78.9 Å². The Morgan fingerprint density at radius 2 is 2.17 bits per heavy atom. The zero-order valence-electron chi connectivity index (χ0n) is 13.2. The summed E-state index contributed by atoms with van der Waals surface area (Å²) in [5.41, 5.74) is 0.787. The van der Waals surface area contributed by atoms with E-state index in [0.717, 1.165) is 5.56 Å². The lowest BCUT2D eigenvalue weighted by atomic mass is 9.91. The largest absolute Gasteiger partial charge is 0.495 e. The van der Waals surface area contributed by atoms with Gasteiger partial charge >= 0.3 is 5.97 Å². The monoisotopic (exact) mass is 340 g/mol. The summed E-state index contributed by atoms with van der Waals surface area (Å²) >= 11 is 6.30. The summed E-state index contributed by atoms with van der Waals surface area (Å²) in [6, 6.07) is 4.80. The highest BCUT2D eigenvalue weighted by molar-refractivity contribution is 6.32. The first-order valence-corrected chi connectivity index (χ1v) is 7.85. The molecule has 1 aliphatic heterocycles. The summed E-state index contributed by atoms with van der Waals surface area (Å²) in [5, 5.41) is 12.5. The molecule has 0 bridgehead atoms. The molecule has 0 aliphatic carbocycles. The van der Waals surface area contributed by atoms with Crippen LogP contribution in [0.4, 0.5) is 0 Å². The van der Waals surface area contributed by atoms with Gasteiger partial charge in [0, 0.05) is 20.1 Å². The van der Waals surface area contributed by atoms with E-state index in [9.17, 15) is 14.7 Å². The predicted octanol–water partition coefficient (Wildman–Crippen LogP) is 1.76. The Hall–Kier alpha value is -1.79. The molecule has 126 valence electrons. The third-order valence-corrected chi connectivity index (χ3v) is 4.65. The maximum Gasteiger partial charge on any atom is 0.320 e. The standard InChI is InChI=1S/C16H21ClN2O4/c1-18-15(20)11-6-7-12(16(21)22)19(9-11)8-10-4-3-5-13(23-2)14(10)17/h3-5,11-12H,6-9H2,1-2H3,(H,18,20)(H,21,22)/t11-,12-/m0/s1. The van der Waals surface area contributed by atoms with Crippen LogP contribution in [0.5, 0.6) is 5.75 Å². The number of piperidine rings is 1. The highest BCUT2D eigenvalue weighted by atomic mass is 35.5. The van der Waals surface area contributed by atoms with Gasteiger partial charge in [-0.1, -0.05) is 23.7 Å². The highest BCUT2D eigenvalue weighted by Gasteiger charge is 2.35. The Balaban J connectivity index is 2.22. The van der Waals surface area contributed by atoms with Gasteiger partial charge in [0.15, 0.2) is 0 Å². The second kappa shape index (κ2) is 7.66. The molecule has 6 nitrogen and oxygen atoms in total. The molecule has 0 spiro atoms. The lowest BCUT2D eigenvalue weighted by molar-refractivity contribution is -0.147. The van der Waals surface area contributed by atoms with Crippen LogP contribution in [0, 0.1) is 5.92 Å². The molecule has 1 heterocycles. The summed E-state index contributed by atoms with van der Waals surface area (Å²) < 4.78 is 5.19. The van der Waals surface area contributed by atoms with Gasteiger partial charge in [0.25, 0.3) is 0 Å². The van der Waals surface area contributed by atoms with E-state index in [1.165, 1.54) is 7.11 Å². The Morgan fingerprint density at radius 1 is 1.43 bits per heavy atom. The molecule has 23 heavy (non-hydrogen) atoms. The van der Waals surface area contributed by atoms with Crippen LogP contribution in [0.2, 0.25) is 5.02 Å². The summed E-state index contributed by atoms with van der Waals surface area (Å²) in [4.78, 5) is 25.2. The van der Waals surface area contributed by atoms with Crippen LogP contribution in [0.15, 0.2) is 18.2 Å². The summed E-state index contributed by atoms with van der Waals surface area (Å²) in [7, 11) is 3.13. The van der Waals surface area contributed by atoms with Gasteiger partial charge in [-0.3, -0.25) is 14.5 Å². The van der Waals surface area contributed by atoms with Crippen molar-refractivity contribution in [3.63, 3.8) is 0 Å². The van der Waals surface area contributed by atoms with Gasteiger partial charge in [-0.15, -0.1) is 0 Å². The lowest BCUT2D eigenvalue weighted by Crippen LogP contribution is -2.50. The van der Waals surface area contributed by atoms with Gasteiger partial charge in [0.1, 0.15) is 11.8 Å². The van der Waals surface area contributed by atoms with E-state index in [1.54, 1.807) is 18.0 Å². The number of ether oxygens (including phenoxy) is 1. The SMILES string of the molecule is CNC(=O)[C@H]1CC[C@@H](C(=O)O)N(Cc2cccc(OC)c2Cl)C1. The zero-order valence-corrected chi connectivity index (χ0v) is 14.0. The number of carbonyl (C=O) groups is 2. The van der Waals surface area contributed by atoms with E-state index in [1.807, 2.05) is 12.1 Å². The van der Waals surface area contributed by atoms with Crippen molar-refractivity contribution in [2.24, 2.45) is 5.92 Å². The molecule has 1 amide bonds. The van der Waals surface area contributed by atoms with Crippen molar-refractivity contribution in [2.75, 3.05) is 20.7 Å². The minimum absolute atomic E-state index is 0.0597. The van der Waals surface area contributed by atoms with Crippen molar-refractivity contribution < 1.29 is 19.4 Å². The molecule has 0 saturated carbocycles. The van der Waals surface area contributed by atoms with E-state index < -0.39 is 12.0 Å². The maximum absolute atomic E-state index is 11.9. The molecule has 2 atom stereocenters. The molecule has 1 aromatic rings. The fourth-order valence-electron chi connectivity index (χ4n) is 2.97. The maximum atomic E-state index is 11.9. The third-order valence-electron chi connectivity index (χ3n) is 4.22. The Bertz CT molecular complexity index is 593. The number of aliphatic carboxylic acids is 1. The van der Waals surface area contributed by atoms with Crippen molar-refractivity contribution >= 4 is 23.5 Å². The molecular weight excluding hydrogens is 320 g/mol. The molecule has 1 aliphatic rings. The van der Waals surface area contributed by atoms with Crippen LogP contribution in [0.1, 0.15) is 18.4 Å². The van der Waals surface area contributed by atoms with Crippen LogP contribution >= 0.6 is 11.6 Å². The minimum Gasteiger partial charge on any atom is -0.495 e. The molecule has 0 unspecified atom stereocenters. The van der Waals surface area contributed by atoms with Crippen LogP contribution in [0.3, 0.4) is 0 Å². The fraction of sp³-hybridized carbons (Fsp3) is 0.500. The molecule has 1 saturated heterocycles. The number of benzene rings is 1. The number of carbonyl (C=O) groups excluding carboxylic acids is 1. The van der Waals surface area contributed by atoms with Crippen LogP contribution < -0.4 is 10.1 Å². The van der Waals surface area contributed by atoms with E-state index in [2.05, 4.69) is 5.32 Å². The average molecular weight is 341 g/mol. The van der Waals surface area contributed by atoms with E-state index >= 15 is 0 Å². The number of hydrogen-bond acceptors (Lipinski definition) is 4. The number of likely N-dealkylation sites (tertiary alicyclic amines) is 1. The molecule has 1 aromatic carbocycles. The summed E-state index contributed by atoms with van der Waals surface area (Å²) in [5.74, 6) is -0.592. The third kappa shape index (κ3) is 3.95. The number of amides is 1. The number of methoxy groups -OCH3 is 1. The van der Waals surface area contributed by atoms with E-state index in [4.69, 9.17) is 16.3 Å². The van der Waals surface area contributed by atoms with Gasteiger partial charge in [-0.25, -0.2) is 0 Å². The van der Waals surface area contributed by atoms with Gasteiger partial charge in [-0.05, 0) is 24.5 Å². The first-order chi connectivity index (χ1) is 11.0. The fourth-order valence-corrected chi connectivity index (χ4v) is 3.23. The smallest absolute Gasteiger partial charge is 0.320 e. The number of rotatable bonds is 5. The number of carboxylic acids is 1. The average Bonchev–Trinajstić information content (AvgIpc) is 2.55. The van der Waals surface area contributed by atoms with Gasteiger partial charge in [0.2, 0.25) is 5.91 Å². The van der Waals surface area contributed by atoms with Crippen molar-refractivity contribution in [1.82, 2.24) is 10.2 Å². The molecular formula is C16H21ClN2O4. The second-order valence-electron chi connectivity index (χ2n) is 5.61. The Morgan fingerprint density at radius 3 is 2.78 bits per heavy atom. The Labute approximate surface area is 140 Å².